The normalized spacial score (nSPS) is 12.8. The van der Waals surface area contributed by atoms with Crippen molar-refractivity contribution < 1.29 is 4.39 Å². The summed E-state index contributed by atoms with van der Waals surface area (Å²) in [4.78, 5) is 6.92. The summed E-state index contributed by atoms with van der Waals surface area (Å²) in [5.41, 5.74) is 1.85. The van der Waals surface area contributed by atoms with Crippen LogP contribution in [0.1, 0.15) is 18.0 Å². The SMILES string of the molecule is CC(c1nc2ccccc2s1)N(C)Cn1nc(-c2ccc(F)cc2)n(C)c1=S. The lowest BCUT2D eigenvalue weighted by Gasteiger charge is -2.22. The van der Waals surface area contributed by atoms with Gasteiger partial charge in [0.15, 0.2) is 10.6 Å². The van der Waals surface area contributed by atoms with Gasteiger partial charge in [0.05, 0.1) is 22.9 Å². The van der Waals surface area contributed by atoms with Crippen molar-refractivity contribution in [1.29, 1.82) is 0 Å². The first-order valence-electron chi connectivity index (χ1n) is 8.89. The Bertz CT molecular complexity index is 1140. The van der Waals surface area contributed by atoms with E-state index in [9.17, 15) is 4.39 Å². The van der Waals surface area contributed by atoms with E-state index in [4.69, 9.17) is 17.2 Å². The zero-order valence-corrected chi connectivity index (χ0v) is 17.5. The summed E-state index contributed by atoms with van der Waals surface area (Å²) < 4.78 is 18.7. The minimum atomic E-state index is -0.270. The van der Waals surface area contributed by atoms with E-state index in [1.165, 1.54) is 16.8 Å². The summed E-state index contributed by atoms with van der Waals surface area (Å²) in [6, 6.07) is 14.6. The molecule has 0 aliphatic carbocycles. The van der Waals surface area contributed by atoms with Crippen molar-refractivity contribution in [3.63, 3.8) is 0 Å². The smallest absolute Gasteiger partial charge is 0.199 e. The fourth-order valence-electron chi connectivity index (χ4n) is 3.02. The second-order valence-corrected chi connectivity index (χ2v) is 8.19. The van der Waals surface area contributed by atoms with Gasteiger partial charge in [0, 0.05) is 12.6 Å². The molecular formula is C20H20FN5S2. The Kier molecular flexibility index (Phi) is 5.09. The van der Waals surface area contributed by atoms with Crippen LogP contribution in [0.3, 0.4) is 0 Å². The van der Waals surface area contributed by atoms with Gasteiger partial charge in [-0.2, -0.15) is 5.10 Å². The molecule has 5 nitrogen and oxygen atoms in total. The number of thiazole rings is 1. The Hall–Kier alpha value is -2.42. The summed E-state index contributed by atoms with van der Waals surface area (Å²) in [5, 5.41) is 5.72. The minimum Gasteiger partial charge on any atom is -0.303 e. The van der Waals surface area contributed by atoms with Crippen molar-refractivity contribution in [1.82, 2.24) is 24.2 Å². The monoisotopic (exact) mass is 413 g/mol. The zero-order chi connectivity index (χ0) is 19.8. The summed E-state index contributed by atoms with van der Waals surface area (Å²) in [7, 11) is 3.91. The van der Waals surface area contributed by atoms with Crippen LogP contribution in [0.15, 0.2) is 48.5 Å². The van der Waals surface area contributed by atoms with Gasteiger partial charge in [-0.3, -0.25) is 4.90 Å². The number of para-hydroxylation sites is 1. The van der Waals surface area contributed by atoms with E-state index in [1.54, 1.807) is 28.2 Å². The first-order valence-corrected chi connectivity index (χ1v) is 10.1. The van der Waals surface area contributed by atoms with Crippen molar-refractivity contribution in [3.05, 3.63) is 64.1 Å². The van der Waals surface area contributed by atoms with Gasteiger partial charge in [0.25, 0.3) is 0 Å². The molecule has 144 valence electrons. The van der Waals surface area contributed by atoms with Crippen LogP contribution in [0.4, 0.5) is 4.39 Å². The molecule has 2 aromatic carbocycles. The van der Waals surface area contributed by atoms with E-state index < -0.39 is 0 Å². The summed E-state index contributed by atoms with van der Waals surface area (Å²) in [6.07, 6.45) is 0. The standard InChI is InChI=1S/C20H20FN5S2/c1-13(19-22-16-6-4-5-7-17(16)28-19)24(2)12-26-20(27)25(3)18(23-26)14-8-10-15(21)11-9-14/h4-11,13H,12H2,1-3H3. The van der Waals surface area contributed by atoms with Crippen LogP contribution in [-0.2, 0) is 13.7 Å². The molecule has 4 rings (SSSR count). The number of halogens is 1. The predicted octanol–water partition coefficient (Wildman–Crippen LogP) is 5.02. The van der Waals surface area contributed by atoms with Crippen molar-refractivity contribution >= 4 is 33.8 Å². The van der Waals surface area contributed by atoms with Crippen LogP contribution in [0.25, 0.3) is 21.6 Å². The molecule has 8 heteroatoms. The molecule has 28 heavy (non-hydrogen) atoms. The van der Waals surface area contributed by atoms with Gasteiger partial charge in [0.2, 0.25) is 0 Å². The van der Waals surface area contributed by atoms with Crippen LogP contribution in [0.5, 0.6) is 0 Å². The first kappa shape index (κ1) is 18.9. The second kappa shape index (κ2) is 7.54. The molecular weight excluding hydrogens is 393 g/mol. The highest BCUT2D eigenvalue weighted by Gasteiger charge is 2.18. The van der Waals surface area contributed by atoms with E-state index in [0.29, 0.717) is 17.3 Å². The molecule has 0 N–H and O–H groups in total. The molecule has 0 aliphatic rings. The highest BCUT2D eigenvalue weighted by Crippen LogP contribution is 2.29. The van der Waals surface area contributed by atoms with Gasteiger partial charge in [-0.05, 0) is 62.6 Å². The maximum atomic E-state index is 13.2. The van der Waals surface area contributed by atoms with E-state index >= 15 is 0 Å². The van der Waals surface area contributed by atoms with Crippen LogP contribution in [0.2, 0.25) is 0 Å². The number of hydrogen-bond acceptors (Lipinski definition) is 5. The molecule has 1 atom stereocenters. The third-order valence-corrected chi connectivity index (χ3v) is 6.52. The molecule has 0 amide bonds. The van der Waals surface area contributed by atoms with E-state index in [-0.39, 0.29) is 11.9 Å². The van der Waals surface area contributed by atoms with E-state index in [2.05, 4.69) is 23.0 Å². The molecule has 1 unspecified atom stereocenters. The maximum absolute atomic E-state index is 13.2. The highest BCUT2D eigenvalue weighted by atomic mass is 32.1. The third kappa shape index (κ3) is 3.50. The van der Waals surface area contributed by atoms with Gasteiger partial charge in [-0.1, -0.05) is 12.1 Å². The zero-order valence-electron chi connectivity index (χ0n) is 15.8. The molecule has 2 aromatic heterocycles. The number of fused-ring (bicyclic) bond motifs is 1. The average molecular weight is 414 g/mol. The van der Waals surface area contributed by atoms with Gasteiger partial charge in [-0.25, -0.2) is 14.1 Å². The lowest BCUT2D eigenvalue weighted by atomic mass is 10.2. The van der Waals surface area contributed by atoms with Crippen molar-refractivity contribution in [2.24, 2.45) is 7.05 Å². The highest BCUT2D eigenvalue weighted by molar-refractivity contribution is 7.71. The van der Waals surface area contributed by atoms with Crippen molar-refractivity contribution in [2.45, 2.75) is 19.6 Å². The average Bonchev–Trinajstić information content (AvgIpc) is 3.25. The summed E-state index contributed by atoms with van der Waals surface area (Å²) >= 11 is 7.27. The second-order valence-electron chi connectivity index (χ2n) is 6.77. The fourth-order valence-corrected chi connectivity index (χ4v) is 4.29. The maximum Gasteiger partial charge on any atom is 0.199 e. The van der Waals surface area contributed by atoms with Gasteiger partial charge < -0.3 is 4.57 Å². The molecule has 2 heterocycles. The number of rotatable bonds is 5. The molecule has 0 spiro atoms. The molecule has 0 saturated heterocycles. The largest absolute Gasteiger partial charge is 0.303 e. The summed E-state index contributed by atoms with van der Waals surface area (Å²) in [5.74, 6) is 0.444. The number of nitrogens with zero attached hydrogens (tertiary/aromatic N) is 5. The Morgan fingerprint density at radius 1 is 1.18 bits per heavy atom. The quantitative estimate of drug-likeness (QED) is 0.431. The number of hydrogen-bond donors (Lipinski definition) is 0. The Morgan fingerprint density at radius 2 is 1.89 bits per heavy atom. The lowest BCUT2D eigenvalue weighted by molar-refractivity contribution is 0.194. The van der Waals surface area contributed by atoms with Crippen molar-refractivity contribution in [3.8, 4) is 11.4 Å². The van der Waals surface area contributed by atoms with Crippen LogP contribution in [0, 0.1) is 10.6 Å². The lowest BCUT2D eigenvalue weighted by Crippen LogP contribution is -2.26. The Morgan fingerprint density at radius 3 is 2.61 bits per heavy atom. The van der Waals surface area contributed by atoms with Crippen molar-refractivity contribution in [2.75, 3.05) is 7.05 Å². The van der Waals surface area contributed by atoms with Gasteiger partial charge >= 0.3 is 0 Å². The Labute approximate surface area is 171 Å². The molecule has 0 bridgehead atoms. The minimum absolute atomic E-state index is 0.121. The first-order chi connectivity index (χ1) is 13.4. The van der Waals surface area contributed by atoms with Crippen LogP contribution < -0.4 is 0 Å². The van der Waals surface area contributed by atoms with Gasteiger partial charge in [-0.15, -0.1) is 11.3 Å². The van der Waals surface area contributed by atoms with E-state index in [1.807, 2.05) is 36.9 Å². The van der Waals surface area contributed by atoms with Crippen LogP contribution >= 0.6 is 23.6 Å². The Balaban J connectivity index is 1.58. The molecule has 0 saturated carbocycles. The predicted molar refractivity (Wildman–Crippen MR) is 113 cm³/mol. The topological polar surface area (TPSA) is 38.9 Å². The van der Waals surface area contributed by atoms with Gasteiger partial charge in [0.1, 0.15) is 10.8 Å². The van der Waals surface area contributed by atoms with E-state index in [0.717, 1.165) is 16.1 Å². The fraction of sp³-hybridized carbons (Fsp3) is 0.250. The third-order valence-electron chi connectivity index (χ3n) is 4.83. The molecule has 0 radical (unpaired) electrons. The number of aromatic nitrogens is 4. The molecule has 0 fully saturated rings. The molecule has 0 aliphatic heterocycles. The molecule has 4 aromatic rings. The number of benzene rings is 2. The summed E-state index contributed by atoms with van der Waals surface area (Å²) in [6.45, 7) is 2.66. The van der Waals surface area contributed by atoms with Crippen LogP contribution in [-0.4, -0.2) is 31.3 Å².